The summed E-state index contributed by atoms with van der Waals surface area (Å²) in [6.07, 6.45) is 6.14. The fraction of sp³-hybridized carbons (Fsp3) is 0.846. The molecule has 0 radical (unpaired) electrons. The Morgan fingerprint density at radius 3 is 2.56 bits per heavy atom. The van der Waals surface area contributed by atoms with E-state index in [2.05, 4.69) is 5.32 Å². The van der Waals surface area contributed by atoms with Gasteiger partial charge in [0.05, 0.1) is 0 Å². The van der Waals surface area contributed by atoms with E-state index >= 15 is 0 Å². The first-order chi connectivity index (χ1) is 8.59. The maximum atomic E-state index is 12.2. The van der Waals surface area contributed by atoms with Crippen molar-refractivity contribution in [2.45, 2.75) is 57.5 Å². The minimum Gasteiger partial charge on any atom is -0.480 e. The molecule has 0 aromatic heterocycles. The number of carbonyl (C=O) groups is 2. The first-order valence-electron chi connectivity index (χ1n) is 6.89. The second kappa shape index (κ2) is 5.59. The van der Waals surface area contributed by atoms with Crippen LogP contribution in [0.4, 0.5) is 4.79 Å². The molecule has 1 heterocycles. The zero-order valence-electron chi connectivity index (χ0n) is 10.9. The van der Waals surface area contributed by atoms with Crippen LogP contribution in [0.1, 0.15) is 45.4 Å². The Bertz CT molecular complexity index is 328. The summed E-state index contributed by atoms with van der Waals surface area (Å²) in [6.45, 7) is 2.78. The van der Waals surface area contributed by atoms with E-state index in [4.69, 9.17) is 5.11 Å². The van der Waals surface area contributed by atoms with Gasteiger partial charge in [-0.25, -0.2) is 9.59 Å². The molecule has 18 heavy (non-hydrogen) atoms. The number of aliphatic carboxylic acids is 1. The fourth-order valence-electron chi connectivity index (χ4n) is 2.60. The smallest absolute Gasteiger partial charge is 0.326 e. The van der Waals surface area contributed by atoms with E-state index in [0.717, 1.165) is 45.1 Å². The number of urea groups is 1. The van der Waals surface area contributed by atoms with Crippen LogP contribution in [0.25, 0.3) is 0 Å². The van der Waals surface area contributed by atoms with Gasteiger partial charge >= 0.3 is 12.0 Å². The van der Waals surface area contributed by atoms with Crippen molar-refractivity contribution >= 4 is 12.0 Å². The molecule has 2 rings (SSSR count). The number of nitrogens with zero attached hydrogens (tertiary/aromatic N) is 1. The van der Waals surface area contributed by atoms with Gasteiger partial charge in [0.1, 0.15) is 6.04 Å². The van der Waals surface area contributed by atoms with E-state index in [0.29, 0.717) is 0 Å². The van der Waals surface area contributed by atoms with Crippen LogP contribution in [0.2, 0.25) is 0 Å². The largest absolute Gasteiger partial charge is 0.480 e. The van der Waals surface area contributed by atoms with Crippen molar-refractivity contribution < 1.29 is 14.7 Å². The highest BCUT2D eigenvalue weighted by Crippen LogP contribution is 2.33. The quantitative estimate of drug-likeness (QED) is 0.807. The molecule has 1 aliphatic heterocycles. The summed E-state index contributed by atoms with van der Waals surface area (Å²) in [6, 6.07) is -0.696. The summed E-state index contributed by atoms with van der Waals surface area (Å²) in [5, 5.41) is 11.8. The minimum absolute atomic E-state index is 0.133. The molecular weight excluding hydrogens is 232 g/mol. The number of amides is 2. The Kier molecular flexibility index (Phi) is 4.09. The maximum Gasteiger partial charge on any atom is 0.326 e. The predicted molar refractivity (Wildman–Crippen MR) is 67.3 cm³/mol. The molecule has 5 nitrogen and oxygen atoms in total. The number of hydrogen-bond donors (Lipinski definition) is 2. The van der Waals surface area contributed by atoms with Crippen LogP contribution in [0, 0.1) is 5.92 Å². The number of nitrogens with one attached hydrogen (secondary N) is 1. The predicted octanol–water partition coefficient (Wildman–Crippen LogP) is 1.82. The molecule has 2 unspecified atom stereocenters. The van der Waals surface area contributed by atoms with Crippen LogP contribution in [-0.2, 0) is 4.79 Å². The van der Waals surface area contributed by atoms with Crippen molar-refractivity contribution in [2.24, 2.45) is 5.92 Å². The summed E-state index contributed by atoms with van der Waals surface area (Å²) in [7, 11) is 0. The lowest BCUT2D eigenvalue weighted by atomic mass is 10.1. The third-order valence-electron chi connectivity index (χ3n) is 3.95. The molecular formula is C13H22N2O3. The maximum absolute atomic E-state index is 12.2. The van der Waals surface area contributed by atoms with Gasteiger partial charge in [0.2, 0.25) is 0 Å². The zero-order chi connectivity index (χ0) is 13.1. The lowest BCUT2D eigenvalue weighted by molar-refractivity contribution is -0.139. The van der Waals surface area contributed by atoms with Gasteiger partial charge in [-0.3, -0.25) is 0 Å². The van der Waals surface area contributed by atoms with Gasteiger partial charge in [0.15, 0.2) is 0 Å². The monoisotopic (exact) mass is 254 g/mol. The standard InChI is InChI=1S/C13H22N2O3/c1-9-5-3-2-4-8-15(9)13(18)14-11(12(16)17)10-6-7-10/h9-11H,2-8H2,1H3,(H,14,18)(H,16,17). The van der Waals surface area contributed by atoms with Crippen LogP contribution in [0.5, 0.6) is 0 Å². The van der Waals surface area contributed by atoms with Crippen molar-refractivity contribution in [1.82, 2.24) is 10.2 Å². The molecule has 0 aromatic carbocycles. The van der Waals surface area contributed by atoms with Gasteiger partial charge in [0.25, 0.3) is 0 Å². The second-order valence-electron chi connectivity index (χ2n) is 5.49. The van der Waals surface area contributed by atoms with Crippen LogP contribution in [0.15, 0.2) is 0 Å². The van der Waals surface area contributed by atoms with E-state index in [9.17, 15) is 9.59 Å². The summed E-state index contributed by atoms with van der Waals surface area (Å²) < 4.78 is 0. The van der Waals surface area contributed by atoms with Crippen molar-refractivity contribution in [1.29, 1.82) is 0 Å². The molecule has 2 aliphatic rings. The number of carboxylic acids is 1. The van der Waals surface area contributed by atoms with Gasteiger partial charge in [-0.15, -0.1) is 0 Å². The topological polar surface area (TPSA) is 69.6 Å². The van der Waals surface area contributed by atoms with Gasteiger partial charge in [-0.1, -0.05) is 12.8 Å². The summed E-state index contributed by atoms with van der Waals surface area (Å²) in [4.78, 5) is 25.1. The highest BCUT2D eigenvalue weighted by Gasteiger charge is 2.38. The van der Waals surface area contributed by atoms with E-state index in [1.807, 2.05) is 6.92 Å². The number of likely N-dealkylation sites (tertiary alicyclic amines) is 1. The van der Waals surface area contributed by atoms with E-state index in [-0.39, 0.29) is 18.0 Å². The molecule has 5 heteroatoms. The molecule has 0 aromatic rings. The first kappa shape index (κ1) is 13.2. The van der Waals surface area contributed by atoms with Gasteiger partial charge in [0, 0.05) is 12.6 Å². The number of rotatable bonds is 3. The molecule has 1 saturated carbocycles. The molecule has 2 N–H and O–H groups in total. The molecule has 0 spiro atoms. The van der Waals surface area contributed by atoms with Crippen LogP contribution in [-0.4, -0.2) is 40.6 Å². The summed E-state index contributed by atoms with van der Waals surface area (Å²) in [5.41, 5.74) is 0. The average Bonchev–Trinajstić information content (AvgIpc) is 3.12. The lowest BCUT2D eigenvalue weighted by Gasteiger charge is -2.28. The number of carbonyl (C=O) groups excluding carboxylic acids is 1. The Labute approximate surface area is 108 Å². The molecule has 2 atom stereocenters. The molecule has 1 saturated heterocycles. The first-order valence-corrected chi connectivity index (χ1v) is 6.89. The van der Waals surface area contributed by atoms with Gasteiger partial charge < -0.3 is 15.3 Å². The molecule has 1 aliphatic carbocycles. The minimum atomic E-state index is -0.909. The third-order valence-corrected chi connectivity index (χ3v) is 3.95. The van der Waals surface area contributed by atoms with E-state index < -0.39 is 12.0 Å². The second-order valence-corrected chi connectivity index (χ2v) is 5.49. The Hall–Kier alpha value is -1.26. The molecule has 2 fully saturated rings. The molecule has 102 valence electrons. The van der Waals surface area contributed by atoms with Crippen molar-refractivity contribution in [3.8, 4) is 0 Å². The van der Waals surface area contributed by atoms with Crippen LogP contribution >= 0.6 is 0 Å². The highest BCUT2D eigenvalue weighted by molar-refractivity contribution is 5.83. The average molecular weight is 254 g/mol. The SMILES string of the molecule is CC1CCCCCN1C(=O)NC(C(=O)O)C1CC1. The molecule has 0 bridgehead atoms. The Morgan fingerprint density at radius 1 is 1.22 bits per heavy atom. The summed E-state index contributed by atoms with van der Waals surface area (Å²) >= 11 is 0. The number of hydrogen-bond acceptors (Lipinski definition) is 2. The summed E-state index contributed by atoms with van der Waals surface area (Å²) in [5.74, 6) is -0.776. The van der Waals surface area contributed by atoms with Gasteiger partial charge in [-0.05, 0) is 38.5 Å². The fourth-order valence-corrected chi connectivity index (χ4v) is 2.60. The van der Waals surface area contributed by atoms with Crippen LogP contribution in [0.3, 0.4) is 0 Å². The van der Waals surface area contributed by atoms with Crippen molar-refractivity contribution in [3.63, 3.8) is 0 Å². The highest BCUT2D eigenvalue weighted by atomic mass is 16.4. The Morgan fingerprint density at radius 2 is 1.94 bits per heavy atom. The van der Waals surface area contributed by atoms with Crippen LogP contribution < -0.4 is 5.32 Å². The van der Waals surface area contributed by atoms with E-state index in [1.54, 1.807) is 4.90 Å². The van der Waals surface area contributed by atoms with E-state index in [1.165, 1.54) is 0 Å². The van der Waals surface area contributed by atoms with Gasteiger partial charge in [-0.2, -0.15) is 0 Å². The van der Waals surface area contributed by atoms with Crippen molar-refractivity contribution in [3.05, 3.63) is 0 Å². The third kappa shape index (κ3) is 3.15. The van der Waals surface area contributed by atoms with Crippen molar-refractivity contribution in [2.75, 3.05) is 6.54 Å². The normalized spacial score (nSPS) is 26.3. The molecule has 2 amide bonds. The zero-order valence-corrected chi connectivity index (χ0v) is 10.9. The Balaban J connectivity index is 1.94. The lowest BCUT2D eigenvalue weighted by Crippen LogP contribution is -2.51. The number of carboxylic acid groups (broad SMARTS) is 1.